The van der Waals surface area contributed by atoms with Crippen molar-refractivity contribution in [3.63, 3.8) is 0 Å². The van der Waals surface area contributed by atoms with E-state index in [1.165, 1.54) is 7.11 Å². The van der Waals surface area contributed by atoms with Gasteiger partial charge in [0.05, 0.1) is 13.5 Å². The molecular weight excluding hydrogens is 566 g/mol. The lowest BCUT2D eigenvalue weighted by atomic mass is 9.46. The Bertz CT molecular complexity index is 1400. The lowest BCUT2D eigenvalue weighted by Gasteiger charge is -2.57. The number of benzene rings is 1. The number of nitrogens with one attached hydrogen (secondary N) is 1. The second-order valence-corrected chi connectivity index (χ2v) is 13.3. The zero-order valence-corrected chi connectivity index (χ0v) is 25.6. The van der Waals surface area contributed by atoms with Crippen LogP contribution in [0.1, 0.15) is 83.2 Å². The Labute approximate surface area is 256 Å². The number of ether oxygens (including phenoxy) is 2. The van der Waals surface area contributed by atoms with Gasteiger partial charge in [0.25, 0.3) is 0 Å². The Kier molecular flexibility index (Phi) is 8.68. The van der Waals surface area contributed by atoms with Gasteiger partial charge in [0.15, 0.2) is 18.4 Å². The highest BCUT2D eigenvalue weighted by Gasteiger charge is 2.68. The monoisotopic (exact) mass is 607 g/mol. The maximum absolute atomic E-state index is 13.8. The van der Waals surface area contributed by atoms with Gasteiger partial charge in [-0.05, 0) is 61.0 Å². The second-order valence-electron chi connectivity index (χ2n) is 13.3. The fourth-order valence-electron chi connectivity index (χ4n) is 8.67. The number of hydrogen-bond donors (Lipinski definition) is 2. The zero-order chi connectivity index (χ0) is 31.9. The fraction of sp³-hybridized carbons (Fsp3) is 0.588. The van der Waals surface area contributed by atoms with E-state index in [0.29, 0.717) is 24.8 Å². The van der Waals surface area contributed by atoms with Gasteiger partial charge in [-0.2, -0.15) is 0 Å². The summed E-state index contributed by atoms with van der Waals surface area (Å²) in [7, 11) is 1.21. The minimum atomic E-state index is -1.82. The summed E-state index contributed by atoms with van der Waals surface area (Å²) < 4.78 is 9.99. The minimum absolute atomic E-state index is 0.00388. The number of ketones is 3. The SMILES string of the molecule is COC(=O)C(NC(=O)CCC(=O)OCC(=O)C1(O)CCC2C3CCC4=CC(=O)CCC4(C)C3C(=O)CC21C)c1ccccc1. The Hall–Kier alpha value is -3.66. The first kappa shape index (κ1) is 31.8. The van der Waals surface area contributed by atoms with Gasteiger partial charge in [0, 0.05) is 30.6 Å². The fourth-order valence-corrected chi connectivity index (χ4v) is 8.67. The molecule has 0 aromatic heterocycles. The number of amides is 1. The Morgan fingerprint density at radius 3 is 2.45 bits per heavy atom. The summed E-state index contributed by atoms with van der Waals surface area (Å²) in [6.45, 7) is 3.24. The zero-order valence-electron chi connectivity index (χ0n) is 25.6. The number of carbonyl (C=O) groups is 6. The van der Waals surface area contributed by atoms with E-state index in [4.69, 9.17) is 9.47 Å². The normalized spacial score (nSPS) is 33.2. The van der Waals surface area contributed by atoms with Crippen LogP contribution in [0, 0.1) is 28.6 Å². The van der Waals surface area contributed by atoms with Gasteiger partial charge in [-0.1, -0.05) is 49.8 Å². The van der Waals surface area contributed by atoms with E-state index < -0.39 is 47.3 Å². The second kappa shape index (κ2) is 12.0. The number of fused-ring (bicyclic) bond motifs is 5. The summed E-state index contributed by atoms with van der Waals surface area (Å²) in [5.74, 6) is -2.83. The molecule has 3 saturated carbocycles. The highest BCUT2D eigenvalue weighted by Crippen LogP contribution is 2.66. The van der Waals surface area contributed by atoms with E-state index in [1.54, 1.807) is 36.4 Å². The van der Waals surface area contributed by atoms with Crippen molar-refractivity contribution in [1.29, 1.82) is 0 Å². The molecular formula is C34H41NO9. The van der Waals surface area contributed by atoms with Crippen LogP contribution in [0.4, 0.5) is 0 Å². The predicted octanol–water partition coefficient (Wildman–Crippen LogP) is 3.35. The van der Waals surface area contributed by atoms with Gasteiger partial charge in [-0.15, -0.1) is 0 Å². The van der Waals surface area contributed by atoms with Gasteiger partial charge in [0.2, 0.25) is 11.7 Å². The van der Waals surface area contributed by atoms with Crippen LogP contribution >= 0.6 is 0 Å². The number of rotatable bonds is 9. The maximum atomic E-state index is 13.8. The molecule has 7 unspecified atom stereocenters. The Morgan fingerprint density at radius 2 is 1.75 bits per heavy atom. The molecule has 0 radical (unpaired) electrons. The summed E-state index contributed by atoms with van der Waals surface area (Å²) in [5.41, 5.74) is -1.61. The quantitative estimate of drug-likeness (QED) is 0.403. The Morgan fingerprint density at radius 1 is 1.02 bits per heavy atom. The van der Waals surface area contributed by atoms with E-state index in [1.807, 2.05) is 6.92 Å². The number of methoxy groups -OCH3 is 1. The molecule has 1 aromatic rings. The van der Waals surface area contributed by atoms with Crippen LogP contribution in [0.5, 0.6) is 0 Å². The van der Waals surface area contributed by atoms with Crippen molar-refractivity contribution in [1.82, 2.24) is 5.32 Å². The molecule has 10 heteroatoms. The topological polar surface area (TPSA) is 153 Å². The first-order chi connectivity index (χ1) is 20.8. The van der Waals surface area contributed by atoms with E-state index in [9.17, 15) is 33.9 Å². The molecule has 5 rings (SSSR count). The van der Waals surface area contributed by atoms with Crippen LogP contribution in [0.2, 0.25) is 0 Å². The molecule has 4 aliphatic rings. The van der Waals surface area contributed by atoms with Crippen LogP contribution in [-0.2, 0) is 38.2 Å². The van der Waals surface area contributed by atoms with Crippen LogP contribution in [0.3, 0.4) is 0 Å². The van der Waals surface area contributed by atoms with E-state index >= 15 is 0 Å². The van der Waals surface area contributed by atoms with Crippen molar-refractivity contribution in [2.24, 2.45) is 28.6 Å². The molecule has 3 fully saturated rings. The van der Waals surface area contributed by atoms with Crippen molar-refractivity contribution in [3.8, 4) is 0 Å². The van der Waals surface area contributed by atoms with E-state index in [2.05, 4.69) is 12.2 Å². The number of carbonyl (C=O) groups excluding carboxylic acids is 6. The molecule has 0 aliphatic heterocycles. The van der Waals surface area contributed by atoms with Gasteiger partial charge in [0.1, 0.15) is 11.4 Å². The predicted molar refractivity (Wildman–Crippen MR) is 157 cm³/mol. The molecule has 1 amide bonds. The number of hydrogen-bond acceptors (Lipinski definition) is 9. The summed E-state index contributed by atoms with van der Waals surface area (Å²) in [4.78, 5) is 76.6. The number of Topliss-reactive ketones (excluding diaryl/α,β-unsaturated/α-hetero) is 2. The highest BCUT2D eigenvalue weighted by atomic mass is 16.5. The van der Waals surface area contributed by atoms with Crippen molar-refractivity contribution >= 4 is 35.2 Å². The van der Waals surface area contributed by atoms with Gasteiger partial charge >= 0.3 is 11.9 Å². The lowest BCUT2D eigenvalue weighted by molar-refractivity contribution is -0.173. The molecule has 44 heavy (non-hydrogen) atoms. The molecule has 236 valence electrons. The molecule has 7 atom stereocenters. The minimum Gasteiger partial charge on any atom is -0.467 e. The van der Waals surface area contributed by atoms with E-state index in [-0.39, 0.29) is 60.4 Å². The molecule has 1 aromatic carbocycles. The molecule has 0 heterocycles. The molecule has 0 saturated heterocycles. The molecule has 2 N–H and O–H groups in total. The summed E-state index contributed by atoms with van der Waals surface area (Å²) in [6.07, 6.45) is 4.44. The average molecular weight is 608 g/mol. The van der Waals surface area contributed by atoms with Gasteiger partial charge in [-0.3, -0.25) is 24.0 Å². The van der Waals surface area contributed by atoms with Crippen LogP contribution in [-0.4, -0.2) is 59.6 Å². The van der Waals surface area contributed by atoms with Crippen LogP contribution in [0.25, 0.3) is 0 Å². The molecule has 4 aliphatic carbocycles. The maximum Gasteiger partial charge on any atom is 0.333 e. The Balaban J connectivity index is 1.18. The summed E-state index contributed by atoms with van der Waals surface area (Å²) in [5, 5.41) is 14.4. The smallest absolute Gasteiger partial charge is 0.333 e. The molecule has 0 spiro atoms. The molecule has 0 bridgehead atoms. The first-order valence-electron chi connectivity index (χ1n) is 15.4. The van der Waals surface area contributed by atoms with Crippen molar-refractivity contribution in [2.45, 2.75) is 83.3 Å². The standard InChI is InChI=1S/C34H41NO9/c1-32-15-13-22(36)17-21(32)9-10-23-24-14-16-34(42,33(24,2)18-25(37)29(23)32)26(38)19-44-28(40)12-11-27(39)35-30(31(41)43-3)20-7-5-4-6-8-20/h4-8,17,23-24,29-30,42H,9-16,18-19H2,1-3H3,(H,35,39). The number of aliphatic hydroxyl groups is 1. The third-order valence-electron chi connectivity index (χ3n) is 11.1. The summed E-state index contributed by atoms with van der Waals surface area (Å²) in [6, 6.07) is 7.51. The number of esters is 2. The lowest BCUT2D eigenvalue weighted by Crippen LogP contribution is -2.61. The van der Waals surface area contributed by atoms with Crippen molar-refractivity contribution in [3.05, 3.63) is 47.5 Å². The van der Waals surface area contributed by atoms with Crippen LogP contribution < -0.4 is 5.32 Å². The molecule has 10 nitrogen and oxygen atoms in total. The van der Waals surface area contributed by atoms with Crippen molar-refractivity contribution < 1.29 is 43.3 Å². The number of allylic oxidation sites excluding steroid dienone is 1. The van der Waals surface area contributed by atoms with Gasteiger partial charge < -0.3 is 19.9 Å². The average Bonchev–Trinajstić information content (AvgIpc) is 3.28. The first-order valence-corrected chi connectivity index (χ1v) is 15.4. The van der Waals surface area contributed by atoms with Gasteiger partial charge in [-0.25, -0.2) is 4.79 Å². The summed E-state index contributed by atoms with van der Waals surface area (Å²) >= 11 is 0. The van der Waals surface area contributed by atoms with Crippen LogP contribution in [0.15, 0.2) is 42.0 Å². The third kappa shape index (κ3) is 5.42. The highest BCUT2D eigenvalue weighted by molar-refractivity contribution is 5.95. The third-order valence-corrected chi connectivity index (χ3v) is 11.1. The van der Waals surface area contributed by atoms with Crippen molar-refractivity contribution in [2.75, 3.05) is 13.7 Å². The van der Waals surface area contributed by atoms with E-state index in [0.717, 1.165) is 18.4 Å². The largest absolute Gasteiger partial charge is 0.467 e.